The second-order valence-corrected chi connectivity index (χ2v) is 4.49. The summed E-state index contributed by atoms with van der Waals surface area (Å²) in [5, 5.41) is 6.28. The van der Waals surface area contributed by atoms with Crippen LogP contribution in [0.5, 0.6) is 0 Å². The Balaban J connectivity index is 1.59. The van der Waals surface area contributed by atoms with Crippen LogP contribution in [0.3, 0.4) is 0 Å². The van der Waals surface area contributed by atoms with Crippen LogP contribution in [0.15, 0.2) is 0 Å². The van der Waals surface area contributed by atoms with E-state index in [1.165, 1.54) is 12.8 Å². The number of rotatable bonds is 4. The van der Waals surface area contributed by atoms with Crippen molar-refractivity contribution in [3.05, 3.63) is 0 Å². The minimum Gasteiger partial charge on any atom is -0.380 e. The van der Waals surface area contributed by atoms with E-state index >= 15 is 0 Å². The maximum atomic E-state index is 11.5. The van der Waals surface area contributed by atoms with Gasteiger partial charge in [-0.15, -0.1) is 0 Å². The van der Waals surface area contributed by atoms with Crippen LogP contribution in [0.2, 0.25) is 0 Å². The lowest BCUT2D eigenvalue weighted by atomic mass is 10.2. The summed E-state index contributed by atoms with van der Waals surface area (Å²) in [5.41, 5.74) is 0. The first-order valence-corrected chi connectivity index (χ1v) is 5.95. The third-order valence-corrected chi connectivity index (χ3v) is 3.20. The van der Waals surface area contributed by atoms with Gasteiger partial charge in [-0.3, -0.25) is 4.79 Å². The van der Waals surface area contributed by atoms with Gasteiger partial charge in [-0.25, -0.2) is 0 Å². The number of nitrogens with one attached hydrogen (secondary N) is 2. The van der Waals surface area contributed by atoms with Gasteiger partial charge in [0.15, 0.2) is 0 Å². The Labute approximate surface area is 90.8 Å². The Morgan fingerprint density at radius 1 is 1.20 bits per heavy atom. The Morgan fingerprint density at radius 3 is 2.67 bits per heavy atom. The average molecular weight is 212 g/mol. The Kier molecular flexibility index (Phi) is 3.97. The molecule has 1 aliphatic heterocycles. The molecule has 1 saturated carbocycles. The predicted molar refractivity (Wildman–Crippen MR) is 57.6 cm³/mol. The molecule has 4 heteroatoms. The molecule has 0 bridgehead atoms. The van der Waals surface area contributed by atoms with Crippen LogP contribution in [0, 0.1) is 0 Å². The molecular weight excluding hydrogens is 192 g/mol. The van der Waals surface area contributed by atoms with Crippen LogP contribution >= 0.6 is 0 Å². The van der Waals surface area contributed by atoms with Gasteiger partial charge in [-0.05, 0) is 19.3 Å². The SMILES string of the molecule is O=C(CNC1CCOC1)NC1CCCC1. The van der Waals surface area contributed by atoms with E-state index in [0.717, 1.165) is 32.5 Å². The number of ether oxygens (including phenoxy) is 1. The first-order valence-electron chi connectivity index (χ1n) is 5.95. The first kappa shape index (κ1) is 10.9. The van der Waals surface area contributed by atoms with E-state index in [4.69, 9.17) is 4.74 Å². The zero-order chi connectivity index (χ0) is 10.5. The summed E-state index contributed by atoms with van der Waals surface area (Å²) in [6.07, 6.45) is 5.84. The molecule has 0 aromatic heterocycles. The van der Waals surface area contributed by atoms with E-state index in [2.05, 4.69) is 10.6 Å². The van der Waals surface area contributed by atoms with E-state index < -0.39 is 0 Å². The van der Waals surface area contributed by atoms with Crippen LogP contribution in [0.1, 0.15) is 32.1 Å². The van der Waals surface area contributed by atoms with Crippen LogP contribution in [-0.2, 0) is 9.53 Å². The lowest BCUT2D eigenvalue weighted by molar-refractivity contribution is -0.121. The van der Waals surface area contributed by atoms with Crippen molar-refractivity contribution < 1.29 is 9.53 Å². The molecule has 15 heavy (non-hydrogen) atoms. The molecule has 0 spiro atoms. The fourth-order valence-corrected chi connectivity index (χ4v) is 2.28. The number of hydrogen-bond acceptors (Lipinski definition) is 3. The highest BCUT2D eigenvalue weighted by atomic mass is 16.5. The molecule has 2 aliphatic rings. The molecule has 0 aromatic carbocycles. The van der Waals surface area contributed by atoms with Gasteiger partial charge < -0.3 is 15.4 Å². The van der Waals surface area contributed by atoms with Gasteiger partial charge in [0.2, 0.25) is 5.91 Å². The number of carbonyl (C=O) groups is 1. The Bertz CT molecular complexity index is 209. The Hall–Kier alpha value is -0.610. The van der Waals surface area contributed by atoms with Gasteiger partial charge >= 0.3 is 0 Å². The molecule has 86 valence electrons. The second-order valence-electron chi connectivity index (χ2n) is 4.49. The fraction of sp³-hybridized carbons (Fsp3) is 0.909. The molecule has 4 nitrogen and oxygen atoms in total. The lowest BCUT2D eigenvalue weighted by Gasteiger charge is -2.14. The highest BCUT2D eigenvalue weighted by Gasteiger charge is 2.19. The maximum absolute atomic E-state index is 11.5. The number of hydrogen-bond donors (Lipinski definition) is 2. The van der Waals surface area contributed by atoms with Crippen molar-refractivity contribution in [2.75, 3.05) is 19.8 Å². The summed E-state index contributed by atoms with van der Waals surface area (Å²) < 4.78 is 5.23. The largest absolute Gasteiger partial charge is 0.380 e. The molecule has 1 amide bonds. The third kappa shape index (κ3) is 3.47. The topological polar surface area (TPSA) is 50.4 Å². The van der Waals surface area contributed by atoms with Crippen molar-refractivity contribution in [2.45, 2.75) is 44.2 Å². The van der Waals surface area contributed by atoms with Crippen LogP contribution in [0.4, 0.5) is 0 Å². The first-order chi connectivity index (χ1) is 7.34. The highest BCUT2D eigenvalue weighted by Crippen LogP contribution is 2.17. The van der Waals surface area contributed by atoms with E-state index in [9.17, 15) is 4.79 Å². The van der Waals surface area contributed by atoms with Crippen LogP contribution < -0.4 is 10.6 Å². The van der Waals surface area contributed by atoms with Crippen molar-refractivity contribution in [1.82, 2.24) is 10.6 Å². The smallest absolute Gasteiger partial charge is 0.234 e. The van der Waals surface area contributed by atoms with Gasteiger partial charge in [0.1, 0.15) is 0 Å². The van der Waals surface area contributed by atoms with Crippen molar-refractivity contribution in [3.8, 4) is 0 Å². The summed E-state index contributed by atoms with van der Waals surface area (Å²) >= 11 is 0. The summed E-state index contributed by atoms with van der Waals surface area (Å²) in [6, 6.07) is 0.804. The summed E-state index contributed by atoms with van der Waals surface area (Å²) in [6.45, 7) is 2.00. The van der Waals surface area contributed by atoms with Crippen molar-refractivity contribution >= 4 is 5.91 Å². The molecule has 1 aliphatic carbocycles. The zero-order valence-electron chi connectivity index (χ0n) is 9.13. The number of carbonyl (C=O) groups excluding carboxylic acids is 1. The quantitative estimate of drug-likeness (QED) is 0.710. The van der Waals surface area contributed by atoms with Gasteiger partial charge in [-0.1, -0.05) is 12.8 Å². The minimum atomic E-state index is 0.133. The van der Waals surface area contributed by atoms with Gasteiger partial charge in [0, 0.05) is 18.7 Å². The third-order valence-electron chi connectivity index (χ3n) is 3.20. The van der Waals surface area contributed by atoms with Crippen molar-refractivity contribution in [2.24, 2.45) is 0 Å². The highest BCUT2D eigenvalue weighted by molar-refractivity contribution is 5.78. The molecule has 1 atom stereocenters. The van der Waals surface area contributed by atoms with Gasteiger partial charge in [0.05, 0.1) is 13.2 Å². The van der Waals surface area contributed by atoms with Gasteiger partial charge in [-0.2, -0.15) is 0 Å². The molecule has 1 heterocycles. The minimum absolute atomic E-state index is 0.133. The molecule has 1 unspecified atom stereocenters. The van der Waals surface area contributed by atoms with Crippen molar-refractivity contribution in [1.29, 1.82) is 0 Å². The molecule has 0 radical (unpaired) electrons. The molecule has 1 saturated heterocycles. The summed E-state index contributed by atoms with van der Waals surface area (Å²) in [4.78, 5) is 11.5. The molecule has 2 fully saturated rings. The molecular formula is C11H20N2O2. The van der Waals surface area contributed by atoms with E-state index in [1.54, 1.807) is 0 Å². The van der Waals surface area contributed by atoms with Crippen molar-refractivity contribution in [3.63, 3.8) is 0 Å². The normalized spacial score (nSPS) is 27.1. The van der Waals surface area contributed by atoms with E-state index in [1.807, 2.05) is 0 Å². The molecule has 2 rings (SSSR count). The van der Waals surface area contributed by atoms with Gasteiger partial charge in [0.25, 0.3) is 0 Å². The maximum Gasteiger partial charge on any atom is 0.234 e. The zero-order valence-corrected chi connectivity index (χ0v) is 9.13. The monoisotopic (exact) mass is 212 g/mol. The molecule has 2 N–H and O–H groups in total. The standard InChI is InChI=1S/C11H20N2O2/c14-11(13-9-3-1-2-4-9)7-12-10-5-6-15-8-10/h9-10,12H,1-8H2,(H,13,14). The van der Waals surface area contributed by atoms with Crippen LogP contribution in [0.25, 0.3) is 0 Å². The lowest BCUT2D eigenvalue weighted by Crippen LogP contribution is -2.42. The predicted octanol–water partition coefficient (Wildman–Crippen LogP) is 0.424. The van der Waals surface area contributed by atoms with E-state index in [-0.39, 0.29) is 5.91 Å². The van der Waals surface area contributed by atoms with Crippen LogP contribution in [-0.4, -0.2) is 37.7 Å². The Morgan fingerprint density at radius 2 is 2.00 bits per heavy atom. The average Bonchev–Trinajstić information content (AvgIpc) is 2.86. The second kappa shape index (κ2) is 5.47. The number of amides is 1. The summed E-state index contributed by atoms with van der Waals surface area (Å²) in [5.74, 6) is 0.133. The van der Waals surface area contributed by atoms with E-state index in [0.29, 0.717) is 18.6 Å². The molecule has 0 aromatic rings. The summed E-state index contributed by atoms with van der Waals surface area (Å²) in [7, 11) is 0. The fourth-order valence-electron chi connectivity index (χ4n) is 2.28.